The van der Waals surface area contributed by atoms with E-state index in [1.54, 1.807) is 42.5 Å². The Labute approximate surface area is 211 Å². The first-order valence-corrected chi connectivity index (χ1v) is 11.1. The van der Waals surface area contributed by atoms with Crippen LogP contribution in [0.2, 0.25) is 0 Å². The molecule has 1 fully saturated rings. The Morgan fingerprint density at radius 1 is 1.05 bits per heavy atom. The van der Waals surface area contributed by atoms with Crippen molar-refractivity contribution in [3.05, 3.63) is 89.2 Å². The first-order valence-electron chi connectivity index (χ1n) is 11.1. The van der Waals surface area contributed by atoms with E-state index >= 15 is 0 Å². The van der Waals surface area contributed by atoms with Crippen molar-refractivity contribution in [1.29, 1.82) is 0 Å². The molecule has 2 N–H and O–H groups in total. The molecule has 0 spiro atoms. The lowest BCUT2D eigenvalue weighted by molar-refractivity contribution is -0.122. The Kier molecular flexibility index (Phi) is 7.28. The van der Waals surface area contributed by atoms with Crippen molar-refractivity contribution in [2.75, 3.05) is 17.3 Å². The quantitative estimate of drug-likeness (QED) is 0.372. The van der Waals surface area contributed by atoms with Crippen LogP contribution in [0.1, 0.15) is 18.1 Å². The number of barbiturate groups is 1. The van der Waals surface area contributed by atoms with Crippen LogP contribution >= 0.6 is 0 Å². The number of rotatable bonds is 7. The van der Waals surface area contributed by atoms with Crippen LogP contribution in [0.5, 0.6) is 11.5 Å². The summed E-state index contributed by atoms with van der Waals surface area (Å²) in [5, 5.41) is 4.78. The zero-order chi connectivity index (χ0) is 26.5. The average molecular weight is 503 g/mol. The standard InChI is InChI=1S/C27H22FN3O6/c1-16(32)29-20-7-9-22(10-8-20)37-15-18-12-17(6-11-24(18)36-2)13-23-25(33)30-27(35)31(26(23)34)21-5-3-4-19(28)14-21/h3-14H,15H2,1-2H3,(H,29,32)(H,30,33,35)/b23-13+. The number of hydrogen-bond donors (Lipinski definition) is 2. The molecule has 37 heavy (non-hydrogen) atoms. The van der Waals surface area contributed by atoms with E-state index < -0.39 is 23.7 Å². The first-order chi connectivity index (χ1) is 17.7. The molecule has 10 heteroatoms. The molecule has 0 aliphatic carbocycles. The van der Waals surface area contributed by atoms with Gasteiger partial charge in [0.15, 0.2) is 0 Å². The molecule has 5 amide bonds. The zero-order valence-electron chi connectivity index (χ0n) is 19.9. The maximum absolute atomic E-state index is 13.7. The lowest BCUT2D eigenvalue weighted by Gasteiger charge is -2.26. The molecule has 1 aliphatic rings. The Balaban J connectivity index is 1.57. The number of carbonyl (C=O) groups is 4. The monoisotopic (exact) mass is 503 g/mol. The highest BCUT2D eigenvalue weighted by Crippen LogP contribution is 2.26. The lowest BCUT2D eigenvalue weighted by Crippen LogP contribution is -2.54. The van der Waals surface area contributed by atoms with E-state index in [0.29, 0.717) is 33.2 Å². The van der Waals surface area contributed by atoms with Gasteiger partial charge in [-0.3, -0.25) is 19.7 Å². The average Bonchev–Trinajstić information content (AvgIpc) is 2.86. The summed E-state index contributed by atoms with van der Waals surface area (Å²) in [6, 6.07) is 15.8. The topological polar surface area (TPSA) is 114 Å². The molecule has 0 bridgehead atoms. The van der Waals surface area contributed by atoms with Gasteiger partial charge in [0.05, 0.1) is 12.8 Å². The molecule has 0 unspecified atom stereocenters. The number of amides is 5. The molecule has 1 aliphatic heterocycles. The van der Waals surface area contributed by atoms with Crippen molar-refractivity contribution in [2.24, 2.45) is 0 Å². The van der Waals surface area contributed by atoms with Crippen LogP contribution in [0, 0.1) is 5.82 Å². The van der Waals surface area contributed by atoms with Crippen LogP contribution in [0.4, 0.5) is 20.6 Å². The second kappa shape index (κ2) is 10.7. The number of imide groups is 2. The Morgan fingerprint density at radius 3 is 2.49 bits per heavy atom. The number of anilines is 2. The van der Waals surface area contributed by atoms with Crippen LogP contribution < -0.4 is 25.0 Å². The molecule has 188 valence electrons. The van der Waals surface area contributed by atoms with E-state index in [2.05, 4.69) is 10.6 Å². The minimum absolute atomic E-state index is 0.00533. The van der Waals surface area contributed by atoms with Gasteiger partial charge in [-0.1, -0.05) is 12.1 Å². The normalized spacial score (nSPS) is 14.4. The molecule has 0 radical (unpaired) electrons. The van der Waals surface area contributed by atoms with E-state index in [9.17, 15) is 23.6 Å². The third-order valence-electron chi connectivity index (χ3n) is 5.35. The summed E-state index contributed by atoms with van der Waals surface area (Å²) in [6.07, 6.45) is 1.33. The van der Waals surface area contributed by atoms with E-state index in [1.165, 1.54) is 38.3 Å². The van der Waals surface area contributed by atoms with Gasteiger partial charge in [0.1, 0.15) is 29.5 Å². The van der Waals surface area contributed by atoms with Gasteiger partial charge in [-0.05, 0) is 66.2 Å². The minimum atomic E-state index is -0.967. The lowest BCUT2D eigenvalue weighted by atomic mass is 10.0. The molecule has 9 nitrogen and oxygen atoms in total. The summed E-state index contributed by atoms with van der Waals surface area (Å²) in [7, 11) is 1.50. The highest BCUT2D eigenvalue weighted by Gasteiger charge is 2.37. The van der Waals surface area contributed by atoms with Gasteiger partial charge in [0.2, 0.25) is 5.91 Å². The van der Waals surface area contributed by atoms with Gasteiger partial charge >= 0.3 is 6.03 Å². The van der Waals surface area contributed by atoms with Gasteiger partial charge < -0.3 is 14.8 Å². The van der Waals surface area contributed by atoms with Crippen molar-refractivity contribution in [1.82, 2.24) is 5.32 Å². The van der Waals surface area contributed by atoms with Crippen molar-refractivity contribution in [3.8, 4) is 11.5 Å². The molecule has 3 aromatic carbocycles. The predicted molar refractivity (Wildman–Crippen MR) is 133 cm³/mol. The fourth-order valence-electron chi connectivity index (χ4n) is 3.67. The fraction of sp³-hybridized carbons (Fsp3) is 0.111. The van der Waals surface area contributed by atoms with Crippen LogP contribution in [-0.4, -0.2) is 30.9 Å². The van der Waals surface area contributed by atoms with Gasteiger partial charge in [-0.2, -0.15) is 0 Å². The second-order valence-electron chi connectivity index (χ2n) is 8.00. The van der Waals surface area contributed by atoms with Gasteiger partial charge in [0, 0.05) is 18.2 Å². The molecular formula is C27H22FN3O6. The summed E-state index contributed by atoms with van der Waals surface area (Å²) in [6.45, 7) is 1.52. The maximum atomic E-state index is 13.7. The Morgan fingerprint density at radius 2 is 1.81 bits per heavy atom. The molecule has 0 aromatic heterocycles. The molecule has 4 rings (SSSR count). The number of benzene rings is 3. The highest BCUT2D eigenvalue weighted by molar-refractivity contribution is 6.39. The number of methoxy groups -OCH3 is 1. The summed E-state index contributed by atoms with van der Waals surface area (Å²) >= 11 is 0. The maximum Gasteiger partial charge on any atom is 0.335 e. The molecule has 3 aromatic rings. The van der Waals surface area contributed by atoms with Crippen molar-refractivity contribution >= 4 is 41.2 Å². The summed E-state index contributed by atoms with van der Waals surface area (Å²) in [4.78, 5) is 49.7. The number of carbonyl (C=O) groups excluding carboxylic acids is 4. The van der Waals surface area contributed by atoms with Crippen LogP contribution in [-0.2, 0) is 21.0 Å². The second-order valence-corrected chi connectivity index (χ2v) is 8.00. The number of hydrogen-bond acceptors (Lipinski definition) is 6. The first kappa shape index (κ1) is 25.1. The largest absolute Gasteiger partial charge is 0.496 e. The summed E-state index contributed by atoms with van der Waals surface area (Å²) in [5.74, 6) is -1.50. The molecular weight excluding hydrogens is 481 g/mol. The summed E-state index contributed by atoms with van der Waals surface area (Å²) < 4.78 is 24.9. The van der Waals surface area contributed by atoms with Crippen molar-refractivity contribution in [2.45, 2.75) is 13.5 Å². The summed E-state index contributed by atoms with van der Waals surface area (Å²) in [5.41, 5.74) is 1.44. The van der Waals surface area contributed by atoms with Crippen molar-refractivity contribution < 1.29 is 33.0 Å². The Hall–Kier alpha value is -4.99. The third kappa shape index (κ3) is 5.81. The molecule has 1 heterocycles. The highest BCUT2D eigenvalue weighted by atomic mass is 19.1. The van der Waals surface area contributed by atoms with Gasteiger partial charge in [-0.25, -0.2) is 14.1 Å². The van der Waals surface area contributed by atoms with Crippen LogP contribution in [0.15, 0.2) is 72.3 Å². The van der Waals surface area contributed by atoms with Crippen LogP contribution in [0.3, 0.4) is 0 Å². The fourth-order valence-corrected chi connectivity index (χ4v) is 3.67. The number of nitrogens with zero attached hydrogens (tertiary/aromatic N) is 1. The zero-order valence-corrected chi connectivity index (χ0v) is 19.9. The van der Waals surface area contributed by atoms with Crippen molar-refractivity contribution in [3.63, 3.8) is 0 Å². The smallest absolute Gasteiger partial charge is 0.335 e. The van der Waals surface area contributed by atoms with Gasteiger partial charge in [-0.15, -0.1) is 0 Å². The molecule has 0 atom stereocenters. The Bertz CT molecular complexity index is 1420. The predicted octanol–water partition coefficient (Wildman–Crippen LogP) is 4.04. The number of ether oxygens (including phenoxy) is 2. The van der Waals surface area contributed by atoms with E-state index in [0.717, 1.165) is 6.07 Å². The van der Waals surface area contributed by atoms with E-state index in [4.69, 9.17) is 9.47 Å². The third-order valence-corrected chi connectivity index (χ3v) is 5.35. The van der Waals surface area contributed by atoms with Crippen LogP contribution in [0.25, 0.3) is 6.08 Å². The van der Waals surface area contributed by atoms with E-state index in [-0.39, 0.29) is 23.8 Å². The van der Waals surface area contributed by atoms with E-state index in [1.807, 2.05) is 0 Å². The SMILES string of the molecule is COc1ccc(/C=C2\C(=O)NC(=O)N(c3cccc(F)c3)C2=O)cc1COc1ccc(NC(C)=O)cc1. The number of urea groups is 1. The minimum Gasteiger partial charge on any atom is -0.496 e. The number of nitrogens with one attached hydrogen (secondary N) is 2. The molecule has 1 saturated heterocycles. The van der Waals surface area contributed by atoms with Gasteiger partial charge in [0.25, 0.3) is 11.8 Å². The molecule has 0 saturated carbocycles. The number of halogens is 1.